The molecule has 2 aliphatic rings. The number of hydrogen-bond acceptors (Lipinski definition) is 3. The minimum atomic E-state index is 0.0155. The van der Waals surface area contributed by atoms with E-state index in [2.05, 4.69) is 23.7 Å². The number of amidine groups is 1. The molecule has 0 amide bonds. The molecular formula is C11H21N3O. The molecule has 15 heavy (non-hydrogen) atoms. The largest absolute Gasteiger partial charge is 0.385 e. The maximum Gasteiger partial charge on any atom is 0.127 e. The third-order valence-corrected chi connectivity index (χ3v) is 3.04. The van der Waals surface area contributed by atoms with E-state index in [0.717, 1.165) is 19.7 Å². The van der Waals surface area contributed by atoms with Gasteiger partial charge in [0.05, 0.1) is 12.6 Å². The van der Waals surface area contributed by atoms with Crippen LogP contribution in [0.2, 0.25) is 0 Å². The molecule has 2 N–H and O–H groups in total. The topological polar surface area (TPSA) is 50.9 Å². The molecule has 86 valence electrons. The standard InChI is InChI=1S/C11H21N3O/c1-8(2)14-5-6-15-10(7-14)11(12)13-9-3-4-9/h8-10H,3-7H2,1-2H3,(H2,12,13). The van der Waals surface area contributed by atoms with Gasteiger partial charge in [0.1, 0.15) is 11.9 Å². The van der Waals surface area contributed by atoms with Crippen molar-refractivity contribution in [1.29, 1.82) is 0 Å². The predicted octanol–water partition coefficient (Wildman–Crippen LogP) is 0.615. The van der Waals surface area contributed by atoms with Gasteiger partial charge in [-0.05, 0) is 26.7 Å². The van der Waals surface area contributed by atoms with Gasteiger partial charge in [0.15, 0.2) is 0 Å². The monoisotopic (exact) mass is 211 g/mol. The third-order valence-electron chi connectivity index (χ3n) is 3.04. The SMILES string of the molecule is CC(C)N1CCOC(C(N)=NC2CC2)C1. The Balaban J connectivity index is 1.91. The van der Waals surface area contributed by atoms with Crippen LogP contribution < -0.4 is 5.73 Å². The molecule has 1 saturated carbocycles. The van der Waals surface area contributed by atoms with Crippen molar-refractivity contribution in [2.24, 2.45) is 10.7 Å². The Kier molecular flexibility index (Phi) is 3.26. The summed E-state index contributed by atoms with van der Waals surface area (Å²) in [5.41, 5.74) is 5.95. The summed E-state index contributed by atoms with van der Waals surface area (Å²) in [6.45, 7) is 7.07. The molecule has 4 heteroatoms. The molecule has 0 radical (unpaired) electrons. The van der Waals surface area contributed by atoms with Crippen LogP contribution in [0, 0.1) is 0 Å². The number of nitrogens with two attached hydrogens (primary N) is 1. The Hall–Kier alpha value is -0.610. The van der Waals surface area contributed by atoms with Crippen LogP contribution in [0.5, 0.6) is 0 Å². The number of aliphatic imine (C=N–C) groups is 1. The van der Waals surface area contributed by atoms with E-state index >= 15 is 0 Å². The molecule has 1 unspecified atom stereocenters. The summed E-state index contributed by atoms with van der Waals surface area (Å²) in [7, 11) is 0. The van der Waals surface area contributed by atoms with Crippen LogP contribution in [0.4, 0.5) is 0 Å². The van der Waals surface area contributed by atoms with E-state index in [1.54, 1.807) is 0 Å². The normalized spacial score (nSPS) is 29.8. The molecule has 0 aromatic rings. The molecule has 1 aliphatic heterocycles. The van der Waals surface area contributed by atoms with Crippen molar-refractivity contribution < 1.29 is 4.74 Å². The molecule has 0 aromatic heterocycles. The Bertz CT molecular complexity index is 248. The lowest BCUT2D eigenvalue weighted by Gasteiger charge is -2.35. The second-order valence-electron chi connectivity index (χ2n) is 4.73. The van der Waals surface area contributed by atoms with Crippen LogP contribution in [0.3, 0.4) is 0 Å². The summed E-state index contributed by atoms with van der Waals surface area (Å²) in [5.74, 6) is 0.697. The number of nitrogens with zero attached hydrogens (tertiary/aromatic N) is 2. The Morgan fingerprint density at radius 3 is 2.80 bits per heavy atom. The fourth-order valence-corrected chi connectivity index (χ4v) is 1.81. The van der Waals surface area contributed by atoms with Crippen LogP contribution in [-0.2, 0) is 4.74 Å². The molecule has 1 heterocycles. The van der Waals surface area contributed by atoms with Gasteiger partial charge in [-0.15, -0.1) is 0 Å². The zero-order valence-electron chi connectivity index (χ0n) is 9.65. The smallest absolute Gasteiger partial charge is 0.127 e. The first-order chi connectivity index (χ1) is 7.16. The van der Waals surface area contributed by atoms with Gasteiger partial charge in [-0.25, -0.2) is 0 Å². The second-order valence-corrected chi connectivity index (χ2v) is 4.73. The van der Waals surface area contributed by atoms with Gasteiger partial charge < -0.3 is 10.5 Å². The Morgan fingerprint density at radius 2 is 2.20 bits per heavy atom. The van der Waals surface area contributed by atoms with Crippen LogP contribution >= 0.6 is 0 Å². The van der Waals surface area contributed by atoms with Gasteiger partial charge in [-0.1, -0.05) is 0 Å². The molecule has 2 rings (SSSR count). The van der Waals surface area contributed by atoms with Gasteiger partial charge in [0, 0.05) is 19.1 Å². The van der Waals surface area contributed by atoms with Crippen LogP contribution in [0.1, 0.15) is 26.7 Å². The second kappa shape index (κ2) is 4.49. The predicted molar refractivity (Wildman–Crippen MR) is 61.1 cm³/mol. The molecule has 4 nitrogen and oxygen atoms in total. The first-order valence-electron chi connectivity index (χ1n) is 5.85. The fraction of sp³-hybridized carbons (Fsp3) is 0.909. The highest BCUT2D eigenvalue weighted by Gasteiger charge is 2.27. The molecule has 1 atom stereocenters. The summed E-state index contributed by atoms with van der Waals surface area (Å²) in [6, 6.07) is 1.05. The van der Waals surface area contributed by atoms with E-state index in [9.17, 15) is 0 Å². The maximum absolute atomic E-state index is 5.95. The van der Waals surface area contributed by atoms with E-state index < -0.39 is 0 Å². The highest BCUT2D eigenvalue weighted by atomic mass is 16.5. The van der Waals surface area contributed by atoms with Crippen molar-refractivity contribution in [3.8, 4) is 0 Å². The van der Waals surface area contributed by atoms with Gasteiger partial charge >= 0.3 is 0 Å². The van der Waals surface area contributed by atoms with E-state index in [-0.39, 0.29) is 6.10 Å². The molecule has 1 saturated heterocycles. The highest BCUT2D eigenvalue weighted by molar-refractivity contribution is 5.85. The summed E-state index contributed by atoms with van der Waals surface area (Å²) < 4.78 is 5.65. The summed E-state index contributed by atoms with van der Waals surface area (Å²) in [4.78, 5) is 6.84. The van der Waals surface area contributed by atoms with Gasteiger partial charge in [0.2, 0.25) is 0 Å². The molecule has 0 bridgehead atoms. The lowest BCUT2D eigenvalue weighted by molar-refractivity contribution is -0.00618. The van der Waals surface area contributed by atoms with E-state index in [1.165, 1.54) is 12.8 Å². The lowest BCUT2D eigenvalue weighted by Crippen LogP contribution is -2.50. The van der Waals surface area contributed by atoms with Crippen molar-refractivity contribution in [2.45, 2.75) is 44.9 Å². The molecule has 0 spiro atoms. The average Bonchev–Trinajstić information content (AvgIpc) is 3.02. The van der Waals surface area contributed by atoms with Crippen molar-refractivity contribution in [3.63, 3.8) is 0 Å². The third kappa shape index (κ3) is 2.92. The number of ether oxygens (including phenoxy) is 1. The fourth-order valence-electron chi connectivity index (χ4n) is 1.81. The molecule has 0 aromatic carbocycles. The Labute approximate surface area is 91.5 Å². The summed E-state index contributed by atoms with van der Waals surface area (Å²) >= 11 is 0. The Morgan fingerprint density at radius 1 is 1.47 bits per heavy atom. The van der Waals surface area contributed by atoms with Crippen LogP contribution in [-0.4, -0.2) is 48.6 Å². The highest BCUT2D eigenvalue weighted by Crippen LogP contribution is 2.24. The number of rotatable bonds is 3. The van der Waals surface area contributed by atoms with Gasteiger partial charge in [-0.2, -0.15) is 0 Å². The first-order valence-corrected chi connectivity index (χ1v) is 5.85. The van der Waals surface area contributed by atoms with E-state index in [4.69, 9.17) is 10.5 Å². The van der Waals surface area contributed by atoms with Crippen LogP contribution in [0.25, 0.3) is 0 Å². The van der Waals surface area contributed by atoms with Gasteiger partial charge in [-0.3, -0.25) is 9.89 Å². The molecular weight excluding hydrogens is 190 g/mol. The van der Waals surface area contributed by atoms with Crippen molar-refractivity contribution >= 4 is 5.84 Å². The number of morpholine rings is 1. The molecule has 2 fully saturated rings. The minimum absolute atomic E-state index is 0.0155. The zero-order valence-corrected chi connectivity index (χ0v) is 9.65. The average molecular weight is 211 g/mol. The number of hydrogen-bond donors (Lipinski definition) is 1. The quantitative estimate of drug-likeness (QED) is 0.550. The zero-order chi connectivity index (χ0) is 10.8. The van der Waals surface area contributed by atoms with Gasteiger partial charge in [0.25, 0.3) is 0 Å². The lowest BCUT2D eigenvalue weighted by atomic mass is 10.2. The van der Waals surface area contributed by atoms with Crippen molar-refractivity contribution in [3.05, 3.63) is 0 Å². The molecule has 1 aliphatic carbocycles. The summed E-state index contributed by atoms with van der Waals surface area (Å²) in [5, 5.41) is 0. The summed E-state index contributed by atoms with van der Waals surface area (Å²) in [6.07, 6.45) is 2.41. The van der Waals surface area contributed by atoms with Crippen molar-refractivity contribution in [1.82, 2.24) is 4.90 Å². The first kappa shape index (κ1) is 10.9. The van der Waals surface area contributed by atoms with E-state index in [1.807, 2.05) is 0 Å². The minimum Gasteiger partial charge on any atom is -0.385 e. The van der Waals surface area contributed by atoms with Crippen LogP contribution in [0.15, 0.2) is 4.99 Å². The maximum atomic E-state index is 5.95. The van der Waals surface area contributed by atoms with E-state index in [0.29, 0.717) is 17.9 Å². The van der Waals surface area contributed by atoms with Crippen molar-refractivity contribution in [2.75, 3.05) is 19.7 Å².